The number of anilines is 2. The van der Waals surface area contributed by atoms with Gasteiger partial charge in [0, 0.05) is 51.4 Å². The second-order valence-electron chi connectivity index (χ2n) is 10.6. The molecular weight excluding hydrogens is 527 g/mol. The SMILES string of the molecule is [C-]#[N+]c1ccc2c(n1)c(N1C[C@@H](C)N(C(c3ccc(F)cc3)c3nc(N4CCOCC4)no3)C[C@@H]1C)cc(=O)n2C. The number of aromatic nitrogens is 4. The summed E-state index contributed by atoms with van der Waals surface area (Å²) in [4.78, 5) is 32.3. The fourth-order valence-electron chi connectivity index (χ4n) is 5.78. The molecule has 6 rings (SSSR count). The van der Waals surface area contributed by atoms with Gasteiger partial charge in [0.25, 0.3) is 17.3 Å². The Labute approximate surface area is 236 Å². The van der Waals surface area contributed by atoms with Gasteiger partial charge < -0.3 is 28.5 Å². The molecule has 11 nitrogen and oxygen atoms in total. The van der Waals surface area contributed by atoms with E-state index in [9.17, 15) is 9.18 Å². The van der Waals surface area contributed by atoms with Gasteiger partial charge in [-0.3, -0.25) is 9.69 Å². The first kappa shape index (κ1) is 26.9. The summed E-state index contributed by atoms with van der Waals surface area (Å²) >= 11 is 0. The van der Waals surface area contributed by atoms with Gasteiger partial charge in [-0.25, -0.2) is 4.39 Å². The molecule has 0 aliphatic carbocycles. The number of rotatable bonds is 5. The topological polar surface area (TPSA) is 97.1 Å². The summed E-state index contributed by atoms with van der Waals surface area (Å²) in [5, 5.41) is 4.28. The van der Waals surface area contributed by atoms with Crippen molar-refractivity contribution in [3.8, 4) is 0 Å². The van der Waals surface area contributed by atoms with Crippen LogP contribution in [0.3, 0.4) is 0 Å². The molecule has 1 aromatic carbocycles. The maximum atomic E-state index is 13.9. The molecule has 2 fully saturated rings. The molecule has 2 saturated heterocycles. The van der Waals surface area contributed by atoms with Crippen molar-refractivity contribution in [1.82, 2.24) is 24.6 Å². The maximum absolute atomic E-state index is 13.9. The zero-order valence-corrected chi connectivity index (χ0v) is 23.2. The van der Waals surface area contributed by atoms with Crippen molar-refractivity contribution in [3.63, 3.8) is 0 Å². The van der Waals surface area contributed by atoms with E-state index in [4.69, 9.17) is 20.8 Å². The number of benzene rings is 1. The van der Waals surface area contributed by atoms with Crippen LogP contribution in [-0.2, 0) is 11.8 Å². The smallest absolute Gasteiger partial charge is 0.270 e. The van der Waals surface area contributed by atoms with Crippen molar-refractivity contribution in [2.24, 2.45) is 7.05 Å². The first-order chi connectivity index (χ1) is 19.8. The van der Waals surface area contributed by atoms with Gasteiger partial charge in [-0.1, -0.05) is 18.7 Å². The van der Waals surface area contributed by atoms with E-state index in [0.29, 0.717) is 68.0 Å². The molecule has 0 saturated carbocycles. The Morgan fingerprint density at radius 1 is 1.05 bits per heavy atom. The Morgan fingerprint density at radius 2 is 1.80 bits per heavy atom. The highest BCUT2D eigenvalue weighted by molar-refractivity contribution is 5.89. The number of piperazine rings is 1. The van der Waals surface area contributed by atoms with Crippen molar-refractivity contribution in [3.05, 3.63) is 81.5 Å². The first-order valence-corrected chi connectivity index (χ1v) is 13.7. The Hall–Kier alpha value is -4.34. The van der Waals surface area contributed by atoms with Gasteiger partial charge in [0.1, 0.15) is 11.9 Å². The average molecular weight is 559 g/mol. The molecule has 41 heavy (non-hydrogen) atoms. The molecule has 2 aliphatic heterocycles. The number of morpholine rings is 1. The number of ether oxygens (including phenoxy) is 1. The second kappa shape index (κ2) is 10.9. The second-order valence-corrected chi connectivity index (χ2v) is 10.6. The van der Waals surface area contributed by atoms with Crippen LogP contribution in [0.1, 0.15) is 31.3 Å². The lowest BCUT2D eigenvalue weighted by molar-refractivity contribution is 0.110. The Balaban J connectivity index is 1.36. The predicted molar refractivity (Wildman–Crippen MR) is 152 cm³/mol. The quantitative estimate of drug-likeness (QED) is 0.341. The van der Waals surface area contributed by atoms with Crippen LogP contribution in [0.25, 0.3) is 15.9 Å². The van der Waals surface area contributed by atoms with Crippen LogP contribution in [0.2, 0.25) is 0 Å². The van der Waals surface area contributed by atoms with Crippen LogP contribution in [0.4, 0.5) is 21.8 Å². The third-order valence-corrected chi connectivity index (χ3v) is 7.99. The van der Waals surface area contributed by atoms with Gasteiger partial charge in [0.15, 0.2) is 0 Å². The molecule has 3 aromatic heterocycles. The van der Waals surface area contributed by atoms with Crippen molar-refractivity contribution in [2.75, 3.05) is 49.2 Å². The monoisotopic (exact) mass is 558 g/mol. The van der Waals surface area contributed by atoms with Crippen LogP contribution in [0, 0.1) is 12.4 Å². The summed E-state index contributed by atoms with van der Waals surface area (Å²) in [5.74, 6) is 0.915. The van der Waals surface area contributed by atoms with Crippen LogP contribution in [0.5, 0.6) is 0 Å². The molecule has 0 N–H and O–H groups in total. The van der Waals surface area contributed by atoms with E-state index in [0.717, 1.165) is 5.56 Å². The summed E-state index contributed by atoms with van der Waals surface area (Å²) in [6.45, 7) is 15.4. The van der Waals surface area contributed by atoms with Crippen LogP contribution in [-0.4, -0.2) is 76.1 Å². The van der Waals surface area contributed by atoms with Crippen LogP contribution < -0.4 is 15.4 Å². The number of hydrogen-bond acceptors (Lipinski definition) is 9. The maximum Gasteiger partial charge on any atom is 0.270 e. The number of nitrogens with zero attached hydrogens (tertiary/aromatic N) is 8. The van der Waals surface area contributed by atoms with Crippen molar-refractivity contribution in [2.45, 2.75) is 32.0 Å². The lowest BCUT2D eigenvalue weighted by atomic mass is 9.98. The summed E-state index contributed by atoms with van der Waals surface area (Å²) in [6, 6.07) is 10.9. The van der Waals surface area contributed by atoms with E-state index in [2.05, 4.69) is 38.6 Å². The summed E-state index contributed by atoms with van der Waals surface area (Å²) in [7, 11) is 1.71. The number of fused-ring (bicyclic) bond motifs is 1. The molecule has 0 spiro atoms. The van der Waals surface area contributed by atoms with Crippen molar-refractivity contribution in [1.29, 1.82) is 0 Å². The molecule has 212 valence electrons. The molecule has 0 bridgehead atoms. The van der Waals surface area contributed by atoms with Crippen LogP contribution >= 0.6 is 0 Å². The van der Waals surface area contributed by atoms with E-state index in [1.54, 1.807) is 41.9 Å². The van der Waals surface area contributed by atoms with E-state index in [1.165, 1.54) is 12.1 Å². The van der Waals surface area contributed by atoms with Gasteiger partial charge in [-0.2, -0.15) is 4.98 Å². The first-order valence-electron chi connectivity index (χ1n) is 13.7. The number of aryl methyl sites for hydroxylation is 1. The van der Waals surface area contributed by atoms with Gasteiger partial charge in [-0.15, -0.1) is 4.98 Å². The standard InChI is InChI=1S/C29H31FN8O3/c1-18-17-38(19(2)16-37(18)23-15-25(39)35(4)22-9-10-24(31-3)32-26(22)23)27(20-5-7-21(30)8-6-20)28-33-29(34-41-28)36-11-13-40-14-12-36/h5-10,15,18-19,27H,11-14,16-17H2,1-2,4H3/t18-,19+,27?/m0/s1. The largest absolute Gasteiger partial charge is 0.378 e. The summed E-state index contributed by atoms with van der Waals surface area (Å²) in [6.07, 6.45) is 0. The normalized spacial score (nSPS) is 20.8. The molecule has 1 unspecified atom stereocenters. The molecule has 4 aromatic rings. The minimum atomic E-state index is -0.398. The highest BCUT2D eigenvalue weighted by Crippen LogP contribution is 2.36. The van der Waals surface area contributed by atoms with E-state index < -0.39 is 6.04 Å². The predicted octanol–water partition coefficient (Wildman–Crippen LogP) is 3.53. The zero-order valence-electron chi connectivity index (χ0n) is 23.2. The molecule has 12 heteroatoms. The minimum Gasteiger partial charge on any atom is -0.378 e. The summed E-state index contributed by atoms with van der Waals surface area (Å²) < 4.78 is 26.8. The fourth-order valence-corrected chi connectivity index (χ4v) is 5.78. The van der Waals surface area contributed by atoms with E-state index in [1.807, 2.05) is 4.90 Å². The lowest BCUT2D eigenvalue weighted by Gasteiger charge is -2.47. The minimum absolute atomic E-state index is 0.0249. The van der Waals surface area contributed by atoms with Gasteiger partial charge in [0.2, 0.25) is 11.4 Å². The van der Waals surface area contributed by atoms with Gasteiger partial charge in [-0.05, 0) is 48.8 Å². The molecule has 2 aliphatic rings. The Morgan fingerprint density at radius 3 is 2.54 bits per heavy atom. The molecule has 0 amide bonds. The Bertz CT molecular complexity index is 1660. The number of pyridine rings is 2. The van der Waals surface area contributed by atoms with Crippen molar-refractivity contribution < 1.29 is 13.7 Å². The third kappa shape index (κ3) is 5.03. The molecular formula is C29H31FN8O3. The summed E-state index contributed by atoms with van der Waals surface area (Å²) in [5.41, 5.74) is 2.71. The number of hydrogen-bond donors (Lipinski definition) is 0. The van der Waals surface area contributed by atoms with Gasteiger partial charge in [0.05, 0.1) is 24.4 Å². The molecule has 3 atom stereocenters. The third-order valence-electron chi connectivity index (χ3n) is 7.99. The van der Waals surface area contributed by atoms with Crippen LogP contribution in [0.15, 0.2) is 51.8 Å². The molecule has 0 radical (unpaired) electrons. The van der Waals surface area contributed by atoms with Crippen molar-refractivity contribution >= 4 is 28.5 Å². The number of halogens is 1. The zero-order chi connectivity index (χ0) is 28.7. The van der Waals surface area contributed by atoms with E-state index in [-0.39, 0.29) is 29.3 Å². The highest BCUT2D eigenvalue weighted by atomic mass is 19.1. The fraction of sp³-hybridized carbons (Fsp3) is 0.414. The molecule has 5 heterocycles. The lowest BCUT2D eigenvalue weighted by Crippen LogP contribution is -2.57. The van der Waals surface area contributed by atoms with Gasteiger partial charge >= 0.3 is 0 Å². The Kier molecular flexibility index (Phi) is 7.15. The van der Waals surface area contributed by atoms with E-state index >= 15 is 0 Å². The average Bonchev–Trinajstić information content (AvgIpc) is 3.48. The highest BCUT2D eigenvalue weighted by Gasteiger charge is 2.39.